The summed E-state index contributed by atoms with van der Waals surface area (Å²) in [5.74, 6) is 0.802. The summed E-state index contributed by atoms with van der Waals surface area (Å²) in [7, 11) is 0. The fourth-order valence-corrected chi connectivity index (χ4v) is 4.22. The molecule has 3 aromatic heterocycles. The molecule has 2 aromatic carbocycles. The van der Waals surface area contributed by atoms with Gasteiger partial charge in [-0.05, 0) is 53.6 Å². The number of nitrogens with zero attached hydrogens (tertiary/aromatic N) is 3. The van der Waals surface area contributed by atoms with Crippen LogP contribution in [0, 0.1) is 11.3 Å². The van der Waals surface area contributed by atoms with Crippen molar-refractivity contribution in [2.24, 2.45) is 0 Å². The van der Waals surface area contributed by atoms with E-state index in [1.165, 1.54) is 17.0 Å². The highest BCUT2D eigenvalue weighted by Crippen LogP contribution is 2.36. The second-order valence-electron chi connectivity index (χ2n) is 8.01. The van der Waals surface area contributed by atoms with E-state index in [9.17, 15) is 0 Å². The van der Waals surface area contributed by atoms with Gasteiger partial charge in [-0.2, -0.15) is 5.26 Å². The molecule has 0 saturated heterocycles. The Morgan fingerprint density at radius 1 is 1.09 bits per heavy atom. The smallest absolute Gasteiger partial charge is 0.169 e. The number of nitrogens with two attached hydrogens (primary N) is 1. The highest BCUT2D eigenvalue weighted by atomic mass is 16.5. The summed E-state index contributed by atoms with van der Waals surface area (Å²) in [6.07, 6.45) is 12.2. The number of para-hydroxylation sites is 1. The Hall–Kier alpha value is -4.63. The molecule has 34 heavy (non-hydrogen) atoms. The third-order valence-electron chi connectivity index (χ3n) is 5.89. The Balaban J connectivity index is 1.41. The van der Waals surface area contributed by atoms with Gasteiger partial charge in [0.2, 0.25) is 0 Å². The van der Waals surface area contributed by atoms with Crippen LogP contribution in [-0.4, -0.2) is 21.6 Å². The number of hydrogen-bond donors (Lipinski definition) is 2. The molecule has 0 aliphatic heterocycles. The van der Waals surface area contributed by atoms with Gasteiger partial charge in [0.25, 0.3) is 0 Å². The number of nitrogens with one attached hydrogen (secondary N) is 1. The number of benzene rings is 2. The molecule has 3 heterocycles. The van der Waals surface area contributed by atoms with E-state index in [2.05, 4.69) is 45.4 Å². The molecule has 0 bridgehead atoms. The summed E-state index contributed by atoms with van der Waals surface area (Å²) >= 11 is 0. The monoisotopic (exact) mass is 445 g/mol. The van der Waals surface area contributed by atoms with E-state index in [0.717, 1.165) is 45.8 Å². The number of fused-ring (bicyclic) bond motifs is 2. The zero-order valence-corrected chi connectivity index (χ0v) is 18.5. The first-order chi connectivity index (χ1) is 16.7. The standard InChI is InChI=1S/C28H23N5O/c29-12-3-7-24-25(20-9-10-21-16-31-13-11-19(21)15-20)18-33-28(30)27(24)34-14-4-5-22-17-32-26-8-2-1-6-23(22)26/h1-3,6-11,13,15-18,32H,4-5,14H2,(H2,30,33). The number of anilines is 1. The Labute approximate surface area is 197 Å². The number of ether oxygens (including phenoxy) is 1. The number of pyridine rings is 2. The van der Waals surface area contributed by atoms with Gasteiger partial charge in [-0.1, -0.05) is 30.3 Å². The number of hydrogen-bond acceptors (Lipinski definition) is 5. The molecule has 3 N–H and O–H groups in total. The Morgan fingerprint density at radius 2 is 2.00 bits per heavy atom. The molecule has 0 spiro atoms. The molecule has 0 atom stereocenters. The minimum Gasteiger partial charge on any atom is -0.489 e. The first kappa shape index (κ1) is 21.2. The third-order valence-corrected chi connectivity index (χ3v) is 5.89. The maximum absolute atomic E-state index is 9.16. The fourth-order valence-electron chi connectivity index (χ4n) is 4.22. The zero-order valence-electron chi connectivity index (χ0n) is 18.5. The van der Waals surface area contributed by atoms with Crippen molar-refractivity contribution in [1.29, 1.82) is 5.26 Å². The lowest BCUT2D eigenvalue weighted by Crippen LogP contribution is -2.06. The minimum absolute atomic E-state index is 0.304. The SMILES string of the molecule is N#CC=Cc1c(-c2ccc3cnccc3c2)cnc(N)c1OCCCc1c[nH]c2ccccc12. The van der Waals surface area contributed by atoms with E-state index in [1.807, 2.05) is 36.5 Å². The van der Waals surface area contributed by atoms with Crippen molar-refractivity contribution in [3.8, 4) is 22.9 Å². The number of nitrogen functional groups attached to an aromatic ring is 1. The average molecular weight is 446 g/mol. The largest absolute Gasteiger partial charge is 0.489 e. The summed E-state index contributed by atoms with van der Waals surface area (Å²) in [4.78, 5) is 11.9. The number of H-pyrrole nitrogens is 1. The number of aromatic nitrogens is 3. The van der Waals surface area contributed by atoms with E-state index in [4.69, 9.17) is 15.7 Å². The molecule has 6 heteroatoms. The van der Waals surface area contributed by atoms with Crippen molar-refractivity contribution < 1.29 is 4.74 Å². The molecule has 0 unspecified atom stereocenters. The van der Waals surface area contributed by atoms with Crippen LogP contribution in [0.4, 0.5) is 5.82 Å². The van der Waals surface area contributed by atoms with Gasteiger partial charge < -0.3 is 15.5 Å². The summed E-state index contributed by atoms with van der Waals surface area (Å²) in [5.41, 5.74) is 11.2. The van der Waals surface area contributed by atoms with Crippen molar-refractivity contribution in [3.05, 3.63) is 90.5 Å². The first-order valence-electron chi connectivity index (χ1n) is 11.1. The van der Waals surface area contributed by atoms with Gasteiger partial charge in [0, 0.05) is 58.3 Å². The van der Waals surface area contributed by atoms with Gasteiger partial charge in [0.05, 0.1) is 12.7 Å². The second kappa shape index (κ2) is 9.47. The Bertz CT molecular complexity index is 1540. The molecule has 5 rings (SSSR count). The third kappa shape index (κ3) is 4.19. The van der Waals surface area contributed by atoms with Crippen molar-refractivity contribution in [2.75, 3.05) is 12.3 Å². The summed E-state index contributed by atoms with van der Waals surface area (Å²) in [5, 5.41) is 12.5. The topological polar surface area (TPSA) is 101 Å². The summed E-state index contributed by atoms with van der Waals surface area (Å²) < 4.78 is 6.16. The highest BCUT2D eigenvalue weighted by molar-refractivity contribution is 5.89. The van der Waals surface area contributed by atoms with Crippen LogP contribution in [0.15, 0.2) is 79.4 Å². The molecule has 0 aliphatic carbocycles. The lowest BCUT2D eigenvalue weighted by atomic mass is 9.98. The molecule has 0 saturated carbocycles. The van der Waals surface area contributed by atoms with Gasteiger partial charge in [0.15, 0.2) is 11.6 Å². The van der Waals surface area contributed by atoms with Crippen molar-refractivity contribution in [3.63, 3.8) is 0 Å². The van der Waals surface area contributed by atoms with Gasteiger partial charge in [-0.3, -0.25) is 4.98 Å². The number of aryl methyl sites for hydroxylation is 1. The molecule has 166 valence electrons. The predicted octanol–water partition coefficient (Wildman–Crippen LogP) is 5.91. The van der Waals surface area contributed by atoms with Gasteiger partial charge in [-0.15, -0.1) is 0 Å². The molecular formula is C28H23N5O. The molecular weight excluding hydrogens is 422 g/mol. The van der Waals surface area contributed by atoms with Crippen LogP contribution in [0.5, 0.6) is 5.75 Å². The Kier molecular flexibility index (Phi) is 5.91. The van der Waals surface area contributed by atoms with Gasteiger partial charge >= 0.3 is 0 Å². The number of rotatable bonds is 7. The van der Waals surface area contributed by atoms with E-state index in [1.54, 1.807) is 18.5 Å². The van der Waals surface area contributed by atoms with E-state index >= 15 is 0 Å². The molecule has 0 aliphatic rings. The fraction of sp³-hybridized carbons (Fsp3) is 0.107. The van der Waals surface area contributed by atoms with Crippen LogP contribution in [0.1, 0.15) is 17.5 Å². The minimum atomic E-state index is 0.304. The van der Waals surface area contributed by atoms with Crippen molar-refractivity contribution in [1.82, 2.24) is 15.0 Å². The van der Waals surface area contributed by atoms with Crippen LogP contribution < -0.4 is 10.5 Å². The van der Waals surface area contributed by atoms with Crippen LogP contribution in [-0.2, 0) is 6.42 Å². The normalized spacial score (nSPS) is 11.3. The molecule has 6 nitrogen and oxygen atoms in total. The maximum Gasteiger partial charge on any atom is 0.169 e. The molecule has 0 fully saturated rings. The lowest BCUT2D eigenvalue weighted by molar-refractivity contribution is 0.311. The zero-order chi connectivity index (χ0) is 23.3. The number of nitriles is 1. The summed E-state index contributed by atoms with van der Waals surface area (Å²) in [6, 6.07) is 18.4. The van der Waals surface area contributed by atoms with Crippen LogP contribution >= 0.6 is 0 Å². The molecule has 0 amide bonds. The quantitative estimate of drug-likeness (QED) is 0.240. The van der Waals surface area contributed by atoms with Crippen molar-refractivity contribution in [2.45, 2.75) is 12.8 Å². The van der Waals surface area contributed by atoms with Gasteiger partial charge in [-0.25, -0.2) is 4.98 Å². The average Bonchev–Trinajstić information content (AvgIpc) is 3.29. The van der Waals surface area contributed by atoms with E-state index < -0.39 is 0 Å². The number of aromatic amines is 1. The molecule has 5 aromatic rings. The maximum atomic E-state index is 9.16. The van der Waals surface area contributed by atoms with Gasteiger partial charge in [0.1, 0.15) is 0 Å². The second-order valence-corrected chi connectivity index (χ2v) is 8.01. The van der Waals surface area contributed by atoms with Crippen LogP contribution in [0.3, 0.4) is 0 Å². The van der Waals surface area contributed by atoms with Crippen LogP contribution in [0.25, 0.3) is 38.9 Å². The number of allylic oxidation sites excluding steroid dienone is 1. The van der Waals surface area contributed by atoms with E-state index in [0.29, 0.717) is 18.2 Å². The van der Waals surface area contributed by atoms with Crippen LogP contribution in [0.2, 0.25) is 0 Å². The lowest BCUT2D eigenvalue weighted by Gasteiger charge is -2.15. The van der Waals surface area contributed by atoms with Crippen molar-refractivity contribution >= 4 is 33.6 Å². The highest BCUT2D eigenvalue weighted by Gasteiger charge is 2.15. The predicted molar refractivity (Wildman–Crippen MR) is 136 cm³/mol. The Morgan fingerprint density at radius 3 is 2.91 bits per heavy atom. The van der Waals surface area contributed by atoms with E-state index in [-0.39, 0.29) is 0 Å². The summed E-state index contributed by atoms with van der Waals surface area (Å²) in [6.45, 7) is 0.478. The first-order valence-corrected chi connectivity index (χ1v) is 11.1. The molecule has 0 radical (unpaired) electrons.